The van der Waals surface area contributed by atoms with E-state index in [1.54, 1.807) is 41.3 Å². The predicted octanol–water partition coefficient (Wildman–Crippen LogP) is 6.17. The average Bonchev–Trinajstić information content (AvgIpc) is 3.26. The zero-order valence-corrected chi connectivity index (χ0v) is 19.2. The highest BCUT2D eigenvalue weighted by Gasteiger charge is 2.08. The predicted molar refractivity (Wildman–Crippen MR) is 127 cm³/mol. The number of nitrogens with one attached hydrogen (secondary N) is 1. The lowest BCUT2D eigenvalue weighted by Gasteiger charge is -2.08. The largest absolute Gasteiger partial charge is 0.489 e. The fraction of sp³-hybridized carbons (Fsp3) is 0.0833. The van der Waals surface area contributed by atoms with Gasteiger partial charge in [0, 0.05) is 15.1 Å². The number of nitrogens with zero attached hydrogens (tertiary/aromatic N) is 2. The smallest absolute Gasteiger partial charge is 0.255 e. The third kappa shape index (κ3) is 6.12. The number of carbonyl (C=O) groups excluding carboxylic acids is 1. The molecule has 0 bridgehead atoms. The van der Waals surface area contributed by atoms with Crippen LogP contribution in [0.3, 0.4) is 0 Å². The van der Waals surface area contributed by atoms with Gasteiger partial charge in [0.15, 0.2) is 6.73 Å². The fourth-order valence-corrected chi connectivity index (χ4v) is 3.21. The maximum atomic E-state index is 12.5. The molecule has 162 valence electrons. The fourth-order valence-electron chi connectivity index (χ4n) is 2.82. The number of carbonyl (C=O) groups is 1. The van der Waals surface area contributed by atoms with E-state index in [2.05, 4.69) is 26.3 Å². The minimum atomic E-state index is -0.219. The highest BCUT2D eigenvalue weighted by Crippen LogP contribution is 2.18. The van der Waals surface area contributed by atoms with Gasteiger partial charge in [-0.15, -0.1) is 0 Å². The van der Waals surface area contributed by atoms with E-state index >= 15 is 0 Å². The molecule has 1 amide bonds. The summed E-state index contributed by atoms with van der Waals surface area (Å²) in [7, 11) is 0. The molecule has 1 N–H and O–H groups in total. The molecule has 1 aromatic heterocycles. The number of amides is 1. The van der Waals surface area contributed by atoms with Gasteiger partial charge in [-0.25, -0.2) is 4.68 Å². The quantitative estimate of drug-likeness (QED) is 0.307. The minimum absolute atomic E-state index is 0.219. The molecule has 4 rings (SSSR count). The summed E-state index contributed by atoms with van der Waals surface area (Å²) in [4.78, 5) is 12.5. The molecule has 0 spiro atoms. The number of aromatic nitrogens is 2. The van der Waals surface area contributed by atoms with E-state index < -0.39 is 0 Å². The van der Waals surface area contributed by atoms with Crippen LogP contribution in [-0.2, 0) is 13.3 Å². The lowest BCUT2D eigenvalue weighted by atomic mass is 10.1. The summed E-state index contributed by atoms with van der Waals surface area (Å²) in [6, 6.07) is 22.0. The minimum Gasteiger partial charge on any atom is -0.489 e. The summed E-state index contributed by atoms with van der Waals surface area (Å²) in [5, 5.41) is 7.71. The van der Waals surface area contributed by atoms with Crippen LogP contribution in [-0.4, -0.2) is 15.7 Å². The SMILES string of the molecule is O=C(Nc1cnn(COc2ccc(Br)cc2)c1)c1ccc(COc2ccc(Cl)cc2)cc1. The lowest BCUT2D eigenvalue weighted by Crippen LogP contribution is -2.11. The van der Waals surface area contributed by atoms with Crippen LogP contribution in [0.2, 0.25) is 5.02 Å². The maximum absolute atomic E-state index is 12.5. The van der Waals surface area contributed by atoms with Crippen LogP contribution in [0.25, 0.3) is 0 Å². The highest BCUT2D eigenvalue weighted by molar-refractivity contribution is 9.10. The van der Waals surface area contributed by atoms with Gasteiger partial charge in [0.25, 0.3) is 5.91 Å². The summed E-state index contributed by atoms with van der Waals surface area (Å²) in [6.07, 6.45) is 3.29. The molecule has 0 fully saturated rings. The Morgan fingerprint density at radius 3 is 2.31 bits per heavy atom. The molecule has 0 aliphatic heterocycles. The first-order chi connectivity index (χ1) is 15.5. The standard InChI is InChI=1S/C24H19BrClN3O3/c25-19-5-9-23(10-6-19)32-16-29-14-21(13-27-29)28-24(30)18-3-1-17(2-4-18)15-31-22-11-7-20(26)8-12-22/h1-14H,15-16H2,(H,28,30). The van der Waals surface area contributed by atoms with Crippen molar-refractivity contribution in [3.63, 3.8) is 0 Å². The Morgan fingerprint density at radius 1 is 0.938 bits per heavy atom. The Labute approximate surface area is 198 Å². The molecule has 0 aliphatic carbocycles. The molecule has 3 aromatic carbocycles. The zero-order valence-electron chi connectivity index (χ0n) is 16.9. The van der Waals surface area contributed by atoms with Crippen LogP contribution in [0.1, 0.15) is 15.9 Å². The summed E-state index contributed by atoms with van der Waals surface area (Å²) < 4.78 is 14.0. The van der Waals surface area contributed by atoms with Crippen LogP contribution >= 0.6 is 27.5 Å². The average molecular weight is 513 g/mol. The second-order valence-electron chi connectivity index (χ2n) is 6.89. The molecule has 0 unspecified atom stereocenters. The van der Waals surface area contributed by atoms with Gasteiger partial charge in [0.2, 0.25) is 0 Å². The van der Waals surface area contributed by atoms with Gasteiger partial charge in [0.1, 0.15) is 18.1 Å². The Balaban J connectivity index is 1.28. The van der Waals surface area contributed by atoms with Crippen molar-refractivity contribution in [2.24, 2.45) is 0 Å². The molecule has 0 radical (unpaired) electrons. The van der Waals surface area contributed by atoms with E-state index in [1.807, 2.05) is 48.5 Å². The van der Waals surface area contributed by atoms with Crippen LogP contribution in [0.5, 0.6) is 11.5 Å². The van der Waals surface area contributed by atoms with Gasteiger partial charge in [-0.1, -0.05) is 39.7 Å². The third-order valence-corrected chi connectivity index (χ3v) is 5.28. The maximum Gasteiger partial charge on any atom is 0.255 e. The summed E-state index contributed by atoms with van der Waals surface area (Å²) >= 11 is 9.26. The molecular weight excluding hydrogens is 494 g/mol. The van der Waals surface area contributed by atoms with Crippen molar-refractivity contribution < 1.29 is 14.3 Å². The Morgan fingerprint density at radius 2 is 1.59 bits per heavy atom. The third-order valence-electron chi connectivity index (χ3n) is 4.50. The van der Waals surface area contributed by atoms with Crippen molar-refractivity contribution in [1.82, 2.24) is 9.78 Å². The second-order valence-corrected chi connectivity index (χ2v) is 8.24. The van der Waals surface area contributed by atoms with E-state index in [0.717, 1.165) is 21.5 Å². The molecule has 0 saturated carbocycles. The van der Waals surface area contributed by atoms with Crippen molar-refractivity contribution in [3.05, 3.63) is 106 Å². The molecule has 0 saturated heterocycles. The van der Waals surface area contributed by atoms with Crippen LogP contribution in [0.4, 0.5) is 5.69 Å². The Kier molecular flexibility index (Phi) is 7.09. The van der Waals surface area contributed by atoms with E-state index in [1.165, 1.54) is 0 Å². The van der Waals surface area contributed by atoms with Gasteiger partial charge in [0.05, 0.1) is 18.1 Å². The molecular formula is C24H19BrClN3O3. The van der Waals surface area contributed by atoms with Crippen molar-refractivity contribution in [1.29, 1.82) is 0 Å². The number of anilines is 1. The van der Waals surface area contributed by atoms with E-state index in [9.17, 15) is 4.79 Å². The number of hydrogen-bond donors (Lipinski definition) is 1. The first kappa shape index (κ1) is 21.9. The van der Waals surface area contributed by atoms with E-state index in [0.29, 0.717) is 22.9 Å². The number of rotatable bonds is 8. The number of ether oxygens (including phenoxy) is 2. The van der Waals surface area contributed by atoms with Crippen molar-refractivity contribution in [2.45, 2.75) is 13.3 Å². The molecule has 6 nitrogen and oxygen atoms in total. The van der Waals surface area contributed by atoms with Gasteiger partial charge >= 0.3 is 0 Å². The summed E-state index contributed by atoms with van der Waals surface area (Å²) in [6.45, 7) is 0.633. The molecule has 8 heteroatoms. The Bertz CT molecular complexity index is 1180. The number of benzene rings is 3. The highest BCUT2D eigenvalue weighted by atomic mass is 79.9. The van der Waals surface area contributed by atoms with Crippen LogP contribution < -0.4 is 14.8 Å². The summed E-state index contributed by atoms with van der Waals surface area (Å²) in [5.41, 5.74) is 2.08. The van der Waals surface area contributed by atoms with Crippen molar-refractivity contribution >= 4 is 39.1 Å². The molecule has 1 heterocycles. The molecule has 32 heavy (non-hydrogen) atoms. The topological polar surface area (TPSA) is 65.4 Å². The first-order valence-electron chi connectivity index (χ1n) is 9.75. The molecule has 4 aromatic rings. The van der Waals surface area contributed by atoms with E-state index in [4.69, 9.17) is 21.1 Å². The number of halogens is 2. The van der Waals surface area contributed by atoms with Gasteiger partial charge in [-0.05, 0) is 66.2 Å². The Hall–Kier alpha value is -3.29. The van der Waals surface area contributed by atoms with E-state index in [-0.39, 0.29) is 12.6 Å². The normalized spacial score (nSPS) is 10.6. The summed E-state index contributed by atoms with van der Waals surface area (Å²) in [5.74, 6) is 1.25. The lowest BCUT2D eigenvalue weighted by molar-refractivity contribution is 0.102. The first-order valence-corrected chi connectivity index (χ1v) is 10.9. The van der Waals surface area contributed by atoms with Gasteiger partial charge < -0.3 is 14.8 Å². The van der Waals surface area contributed by atoms with Gasteiger partial charge in [-0.3, -0.25) is 4.79 Å². The van der Waals surface area contributed by atoms with Gasteiger partial charge in [-0.2, -0.15) is 5.10 Å². The second kappa shape index (κ2) is 10.3. The molecule has 0 aliphatic rings. The number of hydrogen-bond acceptors (Lipinski definition) is 4. The van der Waals surface area contributed by atoms with Crippen molar-refractivity contribution in [3.8, 4) is 11.5 Å². The monoisotopic (exact) mass is 511 g/mol. The zero-order chi connectivity index (χ0) is 22.3. The van der Waals surface area contributed by atoms with Crippen LogP contribution in [0.15, 0.2) is 89.7 Å². The van der Waals surface area contributed by atoms with Crippen LogP contribution in [0, 0.1) is 0 Å². The van der Waals surface area contributed by atoms with Crippen molar-refractivity contribution in [2.75, 3.05) is 5.32 Å². The molecule has 0 atom stereocenters.